The van der Waals surface area contributed by atoms with Gasteiger partial charge in [0.05, 0.1) is 19.3 Å². The van der Waals surface area contributed by atoms with Crippen molar-refractivity contribution in [1.82, 2.24) is 0 Å². The van der Waals surface area contributed by atoms with Crippen LogP contribution >= 0.6 is 0 Å². The van der Waals surface area contributed by atoms with Crippen molar-refractivity contribution in [2.24, 2.45) is 40.4 Å². The van der Waals surface area contributed by atoms with Crippen molar-refractivity contribution < 1.29 is 28.5 Å². The fourth-order valence-electron chi connectivity index (χ4n) is 9.48. The van der Waals surface area contributed by atoms with Gasteiger partial charge in [0.25, 0.3) is 0 Å². The summed E-state index contributed by atoms with van der Waals surface area (Å²) in [6.45, 7) is 10.5. The van der Waals surface area contributed by atoms with E-state index < -0.39 is 5.79 Å². The lowest BCUT2D eigenvalue weighted by Gasteiger charge is -2.63. The van der Waals surface area contributed by atoms with Crippen LogP contribution in [0, 0.1) is 40.4 Å². The Morgan fingerprint density at radius 2 is 1.61 bits per heavy atom. The molecule has 33 heavy (non-hydrogen) atoms. The molecule has 0 spiro atoms. The second kappa shape index (κ2) is 8.76. The molecule has 6 heteroatoms. The van der Waals surface area contributed by atoms with Crippen molar-refractivity contribution in [1.29, 1.82) is 0 Å². The number of rotatable bonds is 5. The third-order valence-electron chi connectivity index (χ3n) is 10.8. The molecule has 0 radical (unpaired) electrons. The maximum absolute atomic E-state index is 12.2. The van der Waals surface area contributed by atoms with Crippen LogP contribution in [0.4, 0.5) is 0 Å². The average molecular weight is 465 g/mol. The molecular weight excluding hydrogens is 420 g/mol. The SMILES string of the molecule is COCO[C@H]1CC[C@@]2(C)[C@H](C1)[C@@H](OC(C)=O)C[C@@H]1[C@@H]2CC[C@]2(C)[C@@H](C3(C)OCCO3)CC[C@@H]12. The van der Waals surface area contributed by atoms with Crippen LogP contribution in [0.2, 0.25) is 0 Å². The molecule has 4 aliphatic carbocycles. The highest BCUT2D eigenvalue weighted by molar-refractivity contribution is 5.66. The topological polar surface area (TPSA) is 63.2 Å². The fraction of sp³-hybridized carbons (Fsp3) is 0.963. The number of ether oxygens (including phenoxy) is 5. The van der Waals surface area contributed by atoms with Crippen molar-refractivity contribution in [2.75, 3.05) is 27.1 Å². The number of methoxy groups -OCH3 is 1. The Labute approximate surface area is 199 Å². The normalized spacial score (nSPS) is 48.6. The van der Waals surface area contributed by atoms with E-state index in [9.17, 15) is 4.79 Å². The predicted molar refractivity (Wildman–Crippen MR) is 123 cm³/mol. The first-order chi connectivity index (χ1) is 15.7. The summed E-state index contributed by atoms with van der Waals surface area (Å²) in [6.07, 6.45) is 9.25. The van der Waals surface area contributed by atoms with E-state index in [2.05, 4.69) is 20.8 Å². The molecule has 0 N–H and O–H groups in total. The van der Waals surface area contributed by atoms with Crippen LogP contribution in [0.3, 0.4) is 0 Å². The predicted octanol–water partition coefficient (Wildman–Crippen LogP) is 4.94. The van der Waals surface area contributed by atoms with Gasteiger partial charge in [0.15, 0.2) is 5.79 Å². The molecule has 0 aromatic heterocycles. The van der Waals surface area contributed by atoms with Gasteiger partial charge in [-0.15, -0.1) is 0 Å². The van der Waals surface area contributed by atoms with Gasteiger partial charge in [-0.1, -0.05) is 13.8 Å². The average Bonchev–Trinajstić information content (AvgIpc) is 3.36. The van der Waals surface area contributed by atoms with Gasteiger partial charge in [-0.25, -0.2) is 0 Å². The van der Waals surface area contributed by atoms with E-state index in [1.165, 1.54) is 25.7 Å². The molecule has 188 valence electrons. The molecular formula is C27H44O6. The van der Waals surface area contributed by atoms with Crippen molar-refractivity contribution in [3.63, 3.8) is 0 Å². The van der Waals surface area contributed by atoms with Crippen LogP contribution in [0.25, 0.3) is 0 Å². The Morgan fingerprint density at radius 1 is 0.909 bits per heavy atom. The number of carbonyl (C=O) groups is 1. The molecule has 1 saturated heterocycles. The number of esters is 1. The molecule has 1 aliphatic heterocycles. The van der Waals surface area contributed by atoms with Crippen molar-refractivity contribution in [2.45, 2.75) is 97.1 Å². The van der Waals surface area contributed by atoms with E-state index in [1.807, 2.05) is 0 Å². The largest absolute Gasteiger partial charge is 0.462 e. The molecule has 0 amide bonds. The van der Waals surface area contributed by atoms with Gasteiger partial charge in [0.2, 0.25) is 0 Å². The maximum atomic E-state index is 12.2. The Hall–Kier alpha value is -0.690. The lowest BCUT2D eigenvalue weighted by atomic mass is 9.44. The van der Waals surface area contributed by atoms with Gasteiger partial charge in [0, 0.05) is 25.9 Å². The summed E-state index contributed by atoms with van der Waals surface area (Å²) in [5.41, 5.74) is 0.419. The monoisotopic (exact) mass is 464 g/mol. The molecule has 4 saturated carbocycles. The first-order valence-corrected chi connectivity index (χ1v) is 13.3. The van der Waals surface area contributed by atoms with Crippen LogP contribution in [-0.2, 0) is 28.5 Å². The summed E-state index contributed by atoms with van der Waals surface area (Å²) in [6, 6.07) is 0. The van der Waals surface area contributed by atoms with E-state index in [0.717, 1.165) is 25.7 Å². The second-order valence-electron chi connectivity index (χ2n) is 12.2. The van der Waals surface area contributed by atoms with Gasteiger partial charge in [-0.3, -0.25) is 4.79 Å². The third-order valence-corrected chi connectivity index (χ3v) is 10.8. The number of hydrogen-bond acceptors (Lipinski definition) is 6. The molecule has 5 fully saturated rings. The summed E-state index contributed by atoms with van der Waals surface area (Å²) < 4.78 is 29.6. The summed E-state index contributed by atoms with van der Waals surface area (Å²) >= 11 is 0. The highest BCUT2D eigenvalue weighted by atomic mass is 16.7. The molecule has 5 aliphatic rings. The molecule has 0 bridgehead atoms. The van der Waals surface area contributed by atoms with Crippen LogP contribution in [0.15, 0.2) is 0 Å². The zero-order chi connectivity index (χ0) is 23.4. The fourth-order valence-corrected chi connectivity index (χ4v) is 9.48. The molecule has 5 rings (SSSR count). The minimum Gasteiger partial charge on any atom is -0.462 e. The lowest BCUT2D eigenvalue weighted by molar-refractivity contribution is -0.228. The highest BCUT2D eigenvalue weighted by Crippen LogP contribution is 2.69. The molecule has 1 heterocycles. The third kappa shape index (κ3) is 3.88. The standard InChI is InChI=1S/C27H44O6/c1-17(28)33-23-15-19-20-6-7-24(27(4)31-12-13-32-27)26(20,3)11-9-21(19)25(2)10-8-18(14-22(23)25)30-16-29-5/h18-24H,6-16H2,1-5H3/t18-,19-,20-,21-,22+,23-,24-,25+,26-/m0/s1. The molecule has 0 aromatic rings. The Bertz CT molecular complexity index is 734. The van der Waals surface area contributed by atoms with Crippen LogP contribution in [-0.4, -0.2) is 51.1 Å². The Balaban J connectivity index is 1.42. The summed E-state index contributed by atoms with van der Waals surface area (Å²) in [5, 5.41) is 0. The smallest absolute Gasteiger partial charge is 0.302 e. The Morgan fingerprint density at radius 3 is 2.30 bits per heavy atom. The van der Waals surface area contributed by atoms with Crippen molar-refractivity contribution in [3.05, 3.63) is 0 Å². The van der Waals surface area contributed by atoms with E-state index in [-0.39, 0.29) is 29.0 Å². The van der Waals surface area contributed by atoms with Crippen molar-refractivity contribution >= 4 is 5.97 Å². The van der Waals surface area contributed by atoms with Gasteiger partial charge in [-0.2, -0.15) is 0 Å². The summed E-state index contributed by atoms with van der Waals surface area (Å²) in [7, 11) is 1.68. The first kappa shape index (κ1) is 24.0. The Kier molecular flexibility index (Phi) is 6.38. The van der Waals surface area contributed by atoms with Gasteiger partial charge >= 0.3 is 5.97 Å². The summed E-state index contributed by atoms with van der Waals surface area (Å²) in [4.78, 5) is 12.2. The second-order valence-corrected chi connectivity index (χ2v) is 12.2. The zero-order valence-corrected chi connectivity index (χ0v) is 21.3. The van der Waals surface area contributed by atoms with Crippen LogP contribution < -0.4 is 0 Å². The molecule has 0 unspecified atom stereocenters. The van der Waals surface area contributed by atoms with Crippen LogP contribution in [0.1, 0.15) is 79.1 Å². The van der Waals surface area contributed by atoms with Crippen LogP contribution in [0.5, 0.6) is 0 Å². The summed E-state index contributed by atoms with van der Waals surface area (Å²) in [5.74, 6) is 2.14. The number of hydrogen-bond donors (Lipinski definition) is 0. The molecule has 0 aromatic carbocycles. The zero-order valence-electron chi connectivity index (χ0n) is 21.3. The van der Waals surface area contributed by atoms with E-state index >= 15 is 0 Å². The van der Waals surface area contributed by atoms with Gasteiger partial charge < -0.3 is 23.7 Å². The molecule has 6 nitrogen and oxygen atoms in total. The number of carbonyl (C=O) groups excluding carboxylic acids is 1. The van der Waals surface area contributed by atoms with E-state index in [1.54, 1.807) is 14.0 Å². The van der Waals surface area contributed by atoms with Gasteiger partial charge in [-0.05, 0) is 86.9 Å². The minimum atomic E-state index is -0.441. The number of fused-ring (bicyclic) bond motifs is 5. The molecule has 9 atom stereocenters. The highest BCUT2D eigenvalue weighted by Gasteiger charge is 2.65. The van der Waals surface area contributed by atoms with E-state index in [0.29, 0.717) is 49.6 Å². The minimum absolute atomic E-state index is 0.0151. The maximum Gasteiger partial charge on any atom is 0.302 e. The quantitative estimate of drug-likeness (QED) is 0.424. The van der Waals surface area contributed by atoms with Crippen molar-refractivity contribution in [3.8, 4) is 0 Å². The lowest BCUT2D eigenvalue weighted by Crippen LogP contribution is -2.59. The first-order valence-electron chi connectivity index (χ1n) is 13.3. The van der Waals surface area contributed by atoms with E-state index in [4.69, 9.17) is 23.7 Å². The van der Waals surface area contributed by atoms with Gasteiger partial charge in [0.1, 0.15) is 12.9 Å².